The average molecular weight is 332 g/mol. The maximum absolute atomic E-state index is 12.8. The Hall–Kier alpha value is -2.77. The van der Waals surface area contributed by atoms with E-state index in [2.05, 4.69) is 9.97 Å². The molecule has 3 rings (SSSR count). The third-order valence-corrected chi connectivity index (χ3v) is 3.89. The van der Waals surface area contributed by atoms with Crippen molar-refractivity contribution in [3.05, 3.63) is 52.5 Å². The van der Waals surface area contributed by atoms with E-state index in [9.17, 15) is 14.0 Å². The van der Waals surface area contributed by atoms with Gasteiger partial charge in [-0.3, -0.25) is 9.59 Å². The maximum Gasteiger partial charge on any atom is 0.316 e. The molecule has 0 spiro atoms. The van der Waals surface area contributed by atoms with Crippen LogP contribution in [0.5, 0.6) is 6.01 Å². The molecule has 0 unspecified atom stereocenters. The Labute approximate surface area is 137 Å². The molecular formula is C16H17FN4O3. The number of aromatic nitrogens is 3. The summed E-state index contributed by atoms with van der Waals surface area (Å²) in [6.07, 6.45) is 4.85. The molecule has 7 nitrogen and oxygen atoms in total. The van der Waals surface area contributed by atoms with E-state index < -0.39 is 5.82 Å². The summed E-state index contributed by atoms with van der Waals surface area (Å²) < 4.78 is 19.8. The van der Waals surface area contributed by atoms with Gasteiger partial charge < -0.3 is 14.2 Å². The summed E-state index contributed by atoms with van der Waals surface area (Å²) in [5.41, 5.74) is -0.189. The fraction of sp³-hybridized carbons (Fsp3) is 0.375. The lowest BCUT2D eigenvalue weighted by Crippen LogP contribution is -2.46. The number of piperidine rings is 1. The zero-order valence-electron chi connectivity index (χ0n) is 13.2. The van der Waals surface area contributed by atoms with E-state index in [0.29, 0.717) is 13.1 Å². The average Bonchev–Trinajstić information content (AvgIpc) is 2.59. The number of aryl methyl sites for hydroxylation is 1. The number of nitrogens with zero attached hydrogens (tertiary/aromatic N) is 4. The second-order valence-corrected chi connectivity index (χ2v) is 5.66. The minimum Gasteiger partial charge on any atom is -0.458 e. The van der Waals surface area contributed by atoms with Crippen LogP contribution in [-0.4, -0.2) is 44.5 Å². The molecule has 0 N–H and O–H groups in total. The van der Waals surface area contributed by atoms with Crippen LogP contribution >= 0.6 is 0 Å². The van der Waals surface area contributed by atoms with Gasteiger partial charge in [0, 0.05) is 19.8 Å². The fourth-order valence-corrected chi connectivity index (χ4v) is 2.66. The quantitative estimate of drug-likeness (QED) is 0.838. The number of ether oxygens (including phenoxy) is 1. The van der Waals surface area contributed by atoms with Crippen molar-refractivity contribution in [3.63, 3.8) is 0 Å². The normalized spacial score (nSPS) is 17.6. The Morgan fingerprint density at radius 1 is 1.38 bits per heavy atom. The van der Waals surface area contributed by atoms with Crippen LogP contribution in [0.25, 0.3) is 0 Å². The molecule has 0 aliphatic carbocycles. The Morgan fingerprint density at radius 3 is 2.88 bits per heavy atom. The number of rotatable bonds is 3. The molecule has 0 aromatic carbocycles. The molecule has 2 aromatic rings. The Morgan fingerprint density at radius 2 is 2.12 bits per heavy atom. The van der Waals surface area contributed by atoms with Gasteiger partial charge in [0.15, 0.2) is 5.82 Å². The first-order chi connectivity index (χ1) is 11.5. The van der Waals surface area contributed by atoms with Crippen molar-refractivity contribution >= 4 is 5.91 Å². The first-order valence-corrected chi connectivity index (χ1v) is 7.63. The van der Waals surface area contributed by atoms with E-state index in [-0.39, 0.29) is 29.1 Å². The highest BCUT2D eigenvalue weighted by atomic mass is 19.1. The van der Waals surface area contributed by atoms with Crippen LogP contribution in [0.1, 0.15) is 23.2 Å². The van der Waals surface area contributed by atoms with E-state index in [0.717, 1.165) is 25.2 Å². The summed E-state index contributed by atoms with van der Waals surface area (Å²) in [4.78, 5) is 33.8. The second-order valence-electron chi connectivity index (χ2n) is 5.66. The molecule has 1 atom stereocenters. The first-order valence-electron chi connectivity index (χ1n) is 7.63. The van der Waals surface area contributed by atoms with Gasteiger partial charge in [0.25, 0.3) is 11.5 Å². The monoisotopic (exact) mass is 332 g/mol. The number of likely N-dealkylation sites (tertiary alicyclic amines) is 1. The summed E-state index contributed by atoms with van der Waals surface area (Å²) in [6, 6.07) is 3.27. The van der Waals surface area contributed by atoms with Crippen LogP contribution in [0.15, 0.2) is 35.5 Å². The van der Waals surface area contributed by atoms with Crippen molar-refractivity contribution in [1.82, 2.24) is 19.4 Å². The van der Waals surface area contributed by atoms with Crippen molar-refractivity contribution in [1.29, 1.82) is 0 Å². The minimum absolute atomic E-state index is 0.0753. The summed E-state index contributed by atoms with van der Waals surface area (Å²) in [6.45, 7) is 0.888. The first kappa shape index (κ1) is 16.1. The molecule has 24 heavy (non-hydrogen) atoms. The highest BCUT2D eigenvalue weighted by Gasteiger charge is 2.27. The molecule has 2 aromatic heterocycles. The number of pyridine rings is 1. The Bertz CT molecular complexity index is 791. The van der Waals surface area contributed by atoms with Gasteiger partial charge in [-0.05, 0) is 25.0 Å². The predicted octanol–water partition coefficient (Wildman–Crippen LogP) is 0.998. The summed E-state index contributed by atoms with van der Waals surface area (Å²) in [5.74, 6) is -0.854. The molecule has 1 fully saturated rings. The summed E-state index contributed by atoms with van der Waals surface area (Å²) in [7, 11) is 1.60. The smallest absolute Gasteiger partial charge is 0.316 e. The van der Waals surface area contributed by atoms with Crippen molar-refractivity contribution in [2.75, 3.05) is 13.1 Å². The van der Waals surface area contributed by atoms with E-state index >= 15 is 0 Å². The molecular weight excluding hydrogens is 315 g/mol. The van der Waals surface area contributed by atoms with Gasteiger partial charge in [-0.2, -0.15) is 0 Å². The van der Waals surface area contributed by atoms with Crippen LogP contribution in [0, 0.1) is 5.82 Å². The largest absolute Gasteiger partial charge is 0.458 e. The van der Waals surface area contributed by atoms with Crippen molar-refractivity contribution in [2.45, 2.75) is 18.9 Å². The van der Waals surface area contributed by atoms with E-state index in [1.807, 2.05) is 0 Å². The van der Waals surface area contributed by atoms with Gasteiger partial charge in [0.1, 0.15) is 11.7 Å². The summed E-state index contributed by atoms with van der Waals surface area (Å²) in [5, 5.41) is 0. The third kappa shape index (κ3) is 3.42. The molecule has 0 saturated carbocycles. The zero-order chi connectivity index (χ0) is 17.1. The molecule has 126 valence electrons. The maximum atomic E-state index is 12.8. The topological polar surface area (TPSA) is 77.3 Å². The lowest BCUT2D eigenvalue weighted by atomic mass is 10.1. The minimum atomic E-state index is -0.539. The highest BCUT2D eigenvalue weighted by molar-refractivity contribution is 5.93. The van der Waals surface area contributed by atoms with Gasteiger partial charge in [-0.25, -0.2) is 14.4 Å². The lowest BCUT2D eigenvalue weighted by Gasteiger charge is -2.32. The number of halogens is 1. The van der Waals surface area contributed by atoms with Crippen LogP contribution in [0.3, 0.4) is 0 Å². The van der Waals surface area contributed by atoms with Crippen LogP contribution in [0.4, 0.5) is 4.39 Å². The van der Waals surface area contributed by atoms with E-state index in [1.165, 1.54) is 10.6 Å². The molecule has 1 saturated heterocycles. The molecule has 1 amide bonds. The van der Waals surface area contributed by atoms with Crippen molar-refractivity contribution in [3.8, 4) is 6.01 Å². The molecule has 3 heterocycles. The van der Waals surface area contributed by atoms with Gasteiger partial charge in [0.05, 0.1) is 18.9 Å². The molecule has 0 radical (unpaired) electrons. The van der Waals surface area contributed by atoms with E-state index in [1.54, 1.807) is 24.2 Å². The number of carbonyl (C=O) groups is 1. The molecule has 1 aliphatic rings. The predicted molar refractivity (Wildman–Crippen MR) is 83.2 cm³/mol. The SMILES string of the molecule is Cn1cccc(C(=O)N2CCC[C@@H](Oc3ncc(F)cn3)C2)c1=O. The van der Waals surface area contributed by atoms with Crippen LogP contribution < -0.4 is 10.3 Å². The van der Waals surface area contributed by atoms with Crippen LogP contribution in [0.2, 0.25) is 0 Å². The van der Waals surface area contributed by atoms with E-state index in [4.69, 9.17) is 4.74 Å². The Kier molecular flexibility index (Phi) is 4.54. The van der Waals surface area contributed by atoms with Gasteiger partial charge in [-0.1, -0.05) is 0 Å². The highest BCUT2D eigenvalue weighted by Crippen LogP contribution is 2.16. The standard InChI is InChI=1S/C16H17FN4O3/c1-20-6-3-5-13(14(20)22)15(23)21-7-2-4-12(10-21)24-16-18-8-11(17)9-19-16/h3,5-6,8-9,12H,2,4,7,10H2,1H3/t12-/m1/s1. The third-order valence-electron chi connectivity index (χ3n) is 3.89. The fourth-order valence-electron chi connectivity index (χ4n) is 2.66. The number of hydrogen-bond acceptors (Lipinski definition) is 5. The number of amides is 1. The number of hydrogen-bond donors (Lipinski definition) is 0. The van der Waals surface area contributed by atoms with Crippen molar-refractivity contribution in [2.24, 2.45) is 7.05 Å². The van der Waals surface area contributed by atoms with Crippen LogP contribution in [-0.2, 0) is 7.05 Å². The second kappa shape index (κ2) is 6.77. The zero-order valence-corrected chi connectivity index (χ0v) is 13.2. The molecule has 8 heteroatoms. The lowest BCUT2D eigenvalue weighted by molar-refractivity contribution is 0.0513. The van der Waals surface area contributed by atoms with Gasteiger partial charge in [0.2, 0.25) is 0 Å². The summed E-state index contributed by atoms with van der Waals surface area (Å²) >= 11 is 0. The number of carbonyl (C=O) groups excluding carboxylic acids is 1. The van der Waals surface area contributed by atoms with Gasteiger partial charge >= 0.3 is 6.01 Å². The van der Waals surface area contributed by atoms with Gasteiger partial charge in [-0.15, -0.1) is 0 Å². The molecule has 0 bridgehead atoms. The molecule has 1 aliphatic heterocycles. The Balaban J connectivity index is 1.71. The van der Waals surface area contributed by atoms with Crippen molar-refractivity contribution < 1.29 is 13.9 Å².